The molecular formula is C107H194IN19O11Si6. The van der Waals surface area contributed by atoms with E-state index >= 15 is 0 Å². The lowest BCUT2D eigenvalue weighted by Gasteiger charge is -2.54. The van der Waals surface area contributed by atoms with E-state index in [0.29, 0.717) is 49.7 Å². The summed E-state index contributed by atoms with van der Waals surface area (Å²) in [4.78, 5) is 34.9. The Morgan fingerprint density at radius 3 is 1.05 bits per heavy atom. The molecule has 814 valence electrons. The van der Waals surface area contributed by atoms with Crippen molar-refractivity contribution >= 4 is 102 Å². The van der Waals surface area contributed by atoms with Crippen molar-refractivity contribution in [1.29, 1.82) is 0 Å². The summed E-state index contributed by atoms with van der Waals surface area (Å²) in [6.07, 6.45) is 31.7. The molecule has 0 amide bonds. The van der Waals surface area contributed by atoms with Crippen molar-refractivity contribution in [2.45, 2.75) is 393 Å². The van der Waals surface area contributed by atoms with Crippen LogP contribution in [0.4, 0.5) is 23.3 Å². The number of nitrogens with two attached hydrogens (primary N) is 2. The molecule has 3 saturated heterocycles. The van der Waals surface area contributed by atoms with Crippen LogP contribution in [0.1, 0.15) is 223 Å². The van der Waals surface area contributed by atoms with Gasteiger partial charge >= 0.3 is 0 Å². The summed E-state index contributed by atoms with van der Waals surface area (Å²) in [5, 5.41) is 65.4. The van der Waals surface area contributed by atoms with Crippen molar-refractivity contribution in [2.75, 3.05) is 94.3 Å². The van der Waals surface area contributed by atoms with E-state index in [-0.39, 0.29) is 87.3 Å². The van der Waals surface area contributed by atoms with Crippen molar-refractivity contribution in [3.63, 3.8) is 0 Å². The fourth-order valence-corrected chi connectivity index (χ4v) is 23.2. The molecule has 3 aliphatic heterocycles. The second-order valence-electron chi connectivity index (χ2n) is 48.3. The number of hydrogen-bond acceptors (Lipinski definition) is 26. The third kappa shape index (κ3) is 40.5. The number of piperidine rings is 3. The number of carbonyl (C=O) groups excluding carboxylic acids is 1. The van der Waals surface area contributed by atoms with E-state index in [0.717, 1.165) is 129 Å². The summed E-state index contributed by atoms with van der Waals surface area (Å²) < 4.78 is 50.1. The molecule has 30 nitrogen and oxygen atoms in total. The zero-order valence-corrected chi connectivity index (χ0v) is 102. The summed E-state index contributed by atoms with van der Waals surface area (Å²) in [7, 11) is -12.2. The largest absolute Gasteiger partial charge is 0.415 e. The van der Waals surface area contributed by atoms with E-state index in [4.69, 9.17) is 38.0 Å². The van der Waals surface area contributed by atoms with Crippen molar-refractivity contribution in [3.8, 4) is 17.1 Å². The van der Waals surface area contributed by atoms with E-state index in [9.17, 15) is 25.2 Å². The van der Waals surface area contributed by atoms with Gasteiger partial charge in [0, 0.05) is 98.5 Å². The number of pyridine rings is 4. The maximum Gasteiger partial charge on any atom is 0.192 e. The maximum absolute atomic E-state index is 10.9. The minimum absolute atomic E-state index is 0. The number of aromatic amines is 1. The van der Waals surface area contributed by atoms with Gasteiger partial charge in [0.25, 0.3) is 0 Å². The number of halogens is 1. The minimum Gasteiger partial charge on any atom is -0.415 e. The fraction of sp³-hybridized carbons (Fsp3) is 0.692. The number of unbranched alkanes of at least 4 members (excludes halogenated alkanes) is 9. The van der Waals surface area contributed by atoms with Gasteiger partial charge in [-0.3, -0.25) is 19.8 Å². The number of aliphatic hydroxyl groups excluding tert-OH is 4. The first-order valence-corrected chi connectivity index (χ1v) is 70.7. The molecule has 0 unspecified atom stereocenters. The van der Waals surface area contributed by atoms with Crippen LogP contribution in [0.2, 0.25) is 109 Å². The molecule has 0 bridgehead atoms. The molecule has 3 fully saturated rings. The Balaban J connectivity index is 0.000000342. The Kier molecular flexibility index (Phi) is 51.6. The standard InChI is InChI=1S/C39H75N5O3Si3.C31H67NO4Si3.C20H31N5O4.C8H8N4.C5H5IN2.C3H4N2.CH4/c1-31-29-43(26-20-18-17-19-24-40-34-23-22-32(28-41-34)44-27-21-25-42-44)33(30-45-48(11,12)37(2,3)4)36(47-50(15,16)39(8,9)10)35(31)46-49(13,14)38(5,6)7;1-25-23-32(21-19-17-18-20-22-33)26(24-34-37(11,12)29(2,3)4)28(36-39(15,16)31(8,9)10)27(25)35-38(13,14)30(5,6)7;26-14-16-19(28)20(29)17(27)13-24(16)10-4-2-1-3-8-21-18-7-6-15(12-22-18)25-11-5-9-23-25;9-8-3-2-7(6-10-8)12-5-1-4-11-12;6-4-1-2-5(7)8-3-4;1-2-4-5-3-1;/h21-23,25,27-28,31,33,35-36H,17-20,24,26,29-30H2,1-16H3,(H,40,41);22,25-28H,17-21,23-24H2,1-16H3;5-7,9,11-12,16-17,19-20,26-29H,1-4,8,10,13-14H2,(H,21,22);1-6H,(H2,9,10);1-3H,(H2,7,8);1-3H,(H,4,5);1H4/t31-,33+,35+,36+;25-,26+,27+,28+;16-,17+,19-,20-;;;;/m001..../s1. The minimum atomic E-state index is -2.12. The lowest BCUT2D eigenvalue weighted by Crippen LogP contribution is -2.66. The second kappa shape index (κ2) is 57.9. The van der Waals surface area contributed by atoms with E-state index in [2.05, 4.69) is 312 Å². The molecule has 0 aromatic carbocycles. The molecular weight excluding hydrogens is 2020 g/mol. The lowest BCUT2D eigenvalue weighted by molar-refractivity contribution is -0.145. The van der Waals surface area contributed by atoms with Crippen LogP contribution in [0, 0.1) is 15.4 Å². The SMILES string of the molecule is C.C[C@H]1CN(CCCCCC=O)[C@H](CO[Si](C)(C)C(C)(C)C)[C@@H](O[Si](C)(C)C(C)(C)C)[C@@H]1O[Si](C)(C)C(C)(C)C.C[C@H]1CN(CCCCCCNc2ccc(-n3cccn3)cn2)[C@H](CO[Si](C)(C)C(C)(C)C)[C@@H](O[Si](C)(C)C(C)(C)C)[C@@H]1O[Si](C)(C)C(C)(C)C.Nc1ccc(-n2cccn2)cn1.Nc1ccc(I)cn1.OC[C@@H]1[C@@H](O)[C@H](O)[C@@H](O)CN1CCCCCCNc1ccc(-n2cccn2)cn1.c1cn[nH]c1. The van der Waals surface area contributed by atoms with Gasteiger partial charge in [0.05, 0.1) is 104 Å². The summed E-state index contributed by atoms with van der Waals surface area (Å²) >= 11 is 2.18. The molecule has 0 spiro atoms. The predicted molar refractivity (Wildman–Crippen MR) is 618 cm³/mol. The smallest absolute Gasteiger partial charge is 0.192 e. The highest BCUT2D eigenvalue weighted by Crippen LogP contribution is 2.48. The van der Waals surface area contributed by atoms with Crippen LogP contribution >= 0.6 is 22.6 Å². The first-order valence-electron chi connectivity index (χ1n) is 52.2. The molecule has 3 aliphatic rings. The van der Waals surface area contributed by atoms with Crippen LogP contribution in [-0.2, 0) is 31.4 Å². The molecule has 11 rings (SSSR count). The van der Waals surface area contributed by atoms with Crippen molar-refractivity contribution in [1.82, 2.24) is 74.2 Å². The summed E-state index contributed by atoms with van der Waals surface area (Å²) in [5.41, 5.74) is 13.5. The van der Waals surface area contributed by atoms with Crippen LogP contribution in [-0.4, -0.2) is 284 Å². The zero-order valence-electron chi connectivity index (χ0n) is 93.6. The first-order chi connectivity index (χ1) is 66.5. The van der Waals surface area contributed by atoms with Gasteiger partial charge in [0.2, 0.25) is 0 Å². The van der Waals surface area contributed by atoms with Gasteiger partial charge in [0.1, 0.15) is 41.8 Å². The molecule has 0 radical (unpaired) electrons. The van der Waals surface area contributed by atoms with Gasteiger partial charge in [-0.1, -0.05) is 178 Å². The number of β-amino-alcohol motifs (C(OH)–C–C–N with tert-alkyl or cyclic N) is 1. The molecule has 0 saturated carbocycles. The van der Waals surface area contributed by atoms with Crippen molar-refractivity contribution in [2.24, 2.45) is 11.8 Å². The van der Waals surface area contributed by atoms with Crippen LogP contribution in [0.25, 0.3) is 17.1 Å². The second-order valence-corrected chi connectivity index (χ2v) is 78.2. The summed E-state index contributed by atoms with van der Waals surface area (Å²) in [6.45, 7) is 83.4. The van der Waals surface area contributed by atoms with Gasteiger partial charge in [-0.15, -0.1) is 0 Å². The van der Waals surface area contributed by atoms with Crippen molar-refractivity contribution < 1.29 is 51.8 Å². The lowest BCUT2D eigenvalue weighted by atomic mass is 9.88. The third-order valence-corrected chi connectivity index (χ3v) is 58.4. The highest BCUT2D eigenvalue weighted by molar-refractivity contribution is 14.1. The van der Waals surface area contributed by atoms with Crippen LogP contribution in [0.5, 0.6) is 0 Å². The number of aliphatic hydroxyl groups is 4. The summed E-state index contributed by atoms with van der Waals surface area (Å²) in [5.74, 6) is 3.58. The van der Waals surface area contributed by atoms with E-state index in [1.165, 1.54) is 19.3 Å². The monoisotopic (exact) mass is 2220 g/mol. The Labute approximate surface area is 888 Å². The number of likely N-dealkylation sites (tertiary alicyclic amines) is 3. The topological polar surface area (TPSA) is 373 Å². The zero-order chi connectivity index (χ0) is 107. The number of nitrogens with one attached hydrogen (secondary N) is 3. The molecule has 37 heteroatoms. The molecule has 12 atom stereocenters. The normalized spacial score (nSPS) is 21.0. The number of hydrogen-bond donors (Lipinski definition) is 9. The van der Waals surface area contributed by atoms with E-state index < -0.39 is 74.3 Å². The Morgan fingerprint density at radius 2 is 0.764 bits per heavy atom. The average Bonchev–Trinajstić information content (AvgIpc) is 0.960. The number of aldehydes is 1. The van der Waals surface area contributed by atoms with E-state index in [1.54, 1.807) is 71.1 Å². The van der Waals surface area contributed by atoms with Gasteiger partial charge in [-0.25, -0.2) is 34.0 Å². The fourth-order valence-electron chi connectivity index (χ4n) is 15.4. The van der Waals surface area contributed by atoms with Crippen LogP contribution < -0.4 is 22.1 Å². The molecule has 8 aromatic heterocycles. The number of carbonyl (C=O) groups is 1. The number of anilines is 4. The Hall–Kier alpha value is -6.18. The highest BCUT2D eigenvalue weighted by atomic mass is 127. The molecule has 11 heterocycles. The average molecular weight is 2220 g/mol. The molecule has 8 aromatic rings. The molecule has 144 heavy (non-hydrogen) atoms. The number of aromatic nitrogens is 12. The number of rotatable bonds is 40. The van der Waals surface area contributed by atoms with Crippen LogP contribution in [0.15, 0.2) is 147 Å². The van der Waals surface area contributed by atoms with Gasteiger partial charge in [-0.05, 0) is 274 Å². The maximum atomic E-state index is 10.9. The third-order valence-electron chi connectivity index (χ3n) is 30.9. The van der Waals surface area contributed by atoms with Crippen molar-refractivity contribution in [3.05, 3.63) is 151 Å². The summed E-state index contributed by atoms with van der Waals surface area (Å²) in [6, 6.07) is 22.6. The number of nitrogens with zero attached hydrogens (tertiary/aromatic N) is 14. The number of H-pyrrole nitrogens is 1. The molecule has 11 N–H and O–H groups in total. The Bertz CT molecular complexity index is 4750. The predicted octanol–water partition coefficient (Wildman–Crippen LogP) is 22.4. The quantitative estimate of drug-likeness (QED) is 0.00745. The number of nitrogen functional groups attached to an aromatic ring is 2. The first kappa shape index (κ1) is 128. The Morgan fingerprint density at radius 1 is 0.424 bits per heavy atom. The van der Waals surface area contributed by atoms with Gasteiger partial charge in [-0.2, -0.15) is 20.4 Å². The van der Waals surface area contributed by atoms with E-state index in [1.807, 2.05) is 89.0 Å². The van der Waals surface area contributed by atoms with Gasteiger partial charge < -0.3 is 73.9 Å². The van der Waals surface area contributed by atoms with Crippen LogP contribution in [0.3, 0.4) is 0 Å². The van der Waals surface area contributed by atoms with Gasteiger partial charge in [0.15, 0.2) is 49.9 Å². The highest BCUT2D eigenvalue weighted by Gasteiger charge is 2.55. The molecule has 0 aliphatic carbocycles.